The quantitative estimate of drug-likeness (QED) is 0.549. The van der Waals surface area contributed by atoms with E-state index in [1.54, 1.807) is 17.0 Å². The first-order valence-electron chi connectivity index (χ1n) is 10.9. The predicted molar refractivity (Wildman–Crippen MR) is 122 cm³/mol. The van der Waals surface area contributed by atoms with Crippen molar-refractivity contribution < 1.29 is 4.79 Å². The molecule has 31 heavy (non-hydrogen) atoms. The fourth-order valence-electron chi connectivity index (χ4n) is 4.74. The number of rotatable bonds is 4. The Kier molecular flexibility index (Phi) is 5.06. The van der Waals surface area contributed by atoms with Gasteiger partial charge in [0.1, 0.15) is 0 Å². The lowest BCUT2D eigenvalue weighted by atomic mass is 9.89. The van der Waals surface area contributed by atoms with Gasteiger partial charge in [0.15, 0.2) is 0 Å². The summed E-state index contributed by atoms with van der Waals surface area (Å²) in [5.74, 6) is 0.573. The van der Waals surface area contributed by atoms with Crippen molar-refractivity contribution in [3.8, 4) is 0 Å². The van der Waals surface area contributed by atoms with Gasteiger partial charge in [0.25, 0.3) is 5.56 Å². The number of nitrogens with one attached hydrogen (secondary N) is 1. The number of carbonyl (C=O) groups is 1. The van der Waals surface area contributed by atoms with Crippen LogP contribution in [0, 0.1) is 6.92 Å². The van der Waals surface area contributed by atoms with Crippen molar-refractivity contribution >= 4 is 27.7 Å². The molecule has 0 radical (unpaired) electrons. The summed E-state index contributed by atoms with van der Waals surface area (Å²) in [5.41, 5.74) is 4.15. The molecule has 1 aliphatic rings. The standard InChI is InChI=1S/C25H26N4O2/c1-17-5-4-7-20-24(17)27-16-29(25(20)31)14-11-23(30)28-12-9-18(10-13-28)21-15-26-22-8-3-2-6-19(21)22/h2-8,15-16,18,26H,9-14H2,1H3. The highest BCUT2D eigenvalue weighted by atomic mass is 16.2. The first kappa shape index (κ1) is 19.5. The monoisotopic (exact) mass is 414 g/mol. The van der Waals surface area contributed by atoms with Crippen LogP contribution >= 0.6 is 0 Å². The lowest BCUT2D eigenvalue weighted by Gasteiger charge is -2.32. The molecule has 0 spiro atoms. The van der Waals surface area contributed by atoms with Gasteiger partial charge in [0, 0.05) is 43.2 Å². The SMILES string of the molecule is Cc1cccc2c(=O)n(CCC(=O)N3CCC(c4c[nH]c5ccccc45)CC3)cnc12. The van der Waals surface area contributed by atoms with Crippen LogP contribution in [0.5, 0.6) is 0 Å². The van der Waals surface area contributed by atoms with Gasteiger partial charge in [-0.2, -0.15) is 0 Å². The van der Waals surface area contributed by atoms with E-state index in [9.17, 15) is 9.59 Å². The number of hydrogen-bond donors (Lipinski definition) is 1. The Labute approximate surface area is 180 Å². The van der Waals surface area contributed by atoms with Crippen molar-refractivity contribution in [3.63, 3.8) is 0 Å². The third-order valence-electron chi connectivity index (χ3n) is 6.53. The number of nitrogens with zero attached hydrogens (tertiary/aromatic N) is 3. The van der Waals surface area contributed by atoms with Gasteiger partial charge in [-0.25, -0.2) is 4.98 Å². The summed E-state index contributed by atoms with van der Waals surface area (Å²) < 4.78 is 1.55. The molecule has 2 aromatic carbocycles. The van der Waals surface area contributed by atoms with Gasteiger partial charge in [0.2, 0.25) is 5.91 Å². The third kappa shape index (κ3) is 3.63. The zero-order valence-corrected chi connectivity index (χ0v) is 17.7. The molecule has 0 atom stereocenters. The van der Waals surface area contributed by atoms with Crippen molar-refractivity contribution in [1.29, 1.82) is 0 Å². The first-order chi connectivity index (χ1) is 15.1. The largest absolute Gasteiger partial charge is 0.361 e. The first-order valence-corrected chi connectivity index (χ1v) is 10.9. The van der Waals surface area contributed by atoms with Crippen LogP contribution in [0.3, 0.4) is 0 Å². The number of amides is 1. The van der Waals surface area contributed by atoms with Crippen LogP contribution in [0.2, 0.25) is 0 Å². The molecule has 158 valence electrons. The van der Waals surface area contributed by atoms with E-state index in [0.29, 0.717) is 24.3 Å². The highest BCUT2D eigenvalue weighted by molar-refractivity contribution is 5.84. The van der Waals surface area contributed by atoms with Gasteiger partial charge in [-0.05, 0) is 48.9 Å². The maximum atomic E-state index is 12.8. The number of aromatic amines is 1. The van der Waals surface area contributed by atoms with Gasteiger partial charge in [-0.1, -0.05) is 30.3 Å². The Morgan fingerprint density at radius 3 is 2.71 bits per heavy atom. The minimum atomic E-state index is -0.0838. The number of carbonyl (C=O) groups excluding carboxylic acids is 1. The molecule has 5 rings (SSSR count). The van der Waals surface area contributed by atoms with Gasteiger partial charge >= 0.3 is 0 Å². The van der Waals surface area contributed by atoms with Crippen LogP contribution < -0.4 is 5.56 Å². The molecule has 4 aromatic rings. The maximum absolute atomic E-state index is 12.8. The molecule has 1 amide bonds. The van der Waals surface area contributed by atoms with Crippen molar-refractivity contribution in [2.24, 2.45) is 0 Å². The second-order valence-corrected chi connectivity index (χ2v) is 8.41. The Balaban J connectivity index is 1.22. The zero-order valence-electron chi connectivity index (χ0n) is 17.7. The van der Waals surface area contributed by atoms with E-state index in [1.165, 1.54) is 16.5 Å². The summed E-state index contributed by atoms with van der Waals surface area (Å²) in [6.45, 7) is 3.82. The highest BCUT2D eigenvalue weighted by Crippen LogP contribution is 2.33. The fraction of sp³-hybridized carbons (Fsp3) is 0.320. The van der Waals surface area contributed by atoms with E-state index in [0.717, 1.165) is 37.0 Å². The second kappa shape index (κ2) is 8.02. The van der Waals surface area contributed by atoms with Crippen molar-refractivity contribution in [2.75, 3.05) is 13.1 Å². The number of benzene rings is 2. The number of fused-ring (bicyclic) bond motifs is 2. The molecule has 6 nitrogen and oxygen atoms in total. The number of aromatic nitrogens is 3. The highest BCUT2D eigenvalue weighted by Gasteiger charge is 2.25. The van der Waals surface area contributed by atoms with E-state index in [1.807, 2.05) is 30.0 Å². The lowest BCUT2D eigenvalue weighted by Crippen LogP contribution is -2.38. The maximum Gasteiger partial charge on any atom is 0.261 e. The van der Waals surface area contributed by atoms with Crippen LogP contribution in [0.15, 0.2) is 59.8 Å². The molecule has 1 N–H and O–H groups in total. The third-order valence-corrected chi connectivity index (χ3v) is 6.53. The lowest BCUT2D eigenvalue weighted by molar-refractivity contribution is -0.132. The Morgan fingerprint density at radius 1 is 1.10 bits per heavy atom. The molecular formula is C25H26N4O2. The van der Waals surface area contributed by atoms with E-state index in [-0.39, 0.29) is 11.5 Å². The van der Waals surface area contributed by atoms with Crippen LogP contribution in [0.1, 0.15) is 36.3 Å². The molecule has 0 bridgehead atoms. The summed E-state index contributed by atoms with van der Waals surface area (Å²) in [6, 6.07) is 14.0. The van der Waals surface area contributed by atoms with Gasteiger partial charge < -0.3 is 9.88 Å². The molecule has 1 saturated heterocycles. The van der Waals surface area contributed by atoms with E-state index in [2.05, 4.69) is 34.4 Å². The van der Waals surface area contributed by atoms with Crippen molar-refractivity contribution in [1.82, 2.24) is 19.4 Å². The van der Waals surface area contributed by atoms with Crippen LogP contribution in [-0.4, -0.2) is 38.4 Å². The topological polar surface area (TPSA) is 71.0 Å². The smallest absolute Gasteiger partial charge is 0.261 e. The molecule has 0 saturated carbocycles. The summed E-state index contributed by atoms with van der Waals surface area (Å²) in [7, 11) is 0. The van der Waals surface area contributed by atoms with Gasteiger partial charge in [-0.3, -0.25) is 14.2 Å². The molecule has 3 heterocycles. The van der Waals surface area contributed by atoms with E-state index >= 15 is 0 Å². The Hall–Kier alpha value is -3.41. The Morgan fingerprint density at radius 2 is 1.87 bits per heavy atom. The predicted octanol–water partition coefficient (Wildman–Crippen LogP) is 3.98. The second-order valence-electron chi connectivity index (χ2n) is 8.41. The molecule has 0 unspecified atom stereocenters. The van der Waals surface area contributed by atoms with Crippen LogP contribution in [-0.2, 0) is 11.3 Å². The number of para-hydroxylation sites is 2. The summed E-state index contributed by atoms with van der Waals surface area (Å²) in [6.07, 6.45) is 5.92. The summed E-state index contributed by atoms with van der Waals surface area (Å²) in [4.78, 5) is 35.3. The number of aryl methyl sites for hydroxylation is 2. The van der Waals surface area contributed by atoms with Gasteiger partial charge in [0.05, 0.1) is 17.2 Å². The number of hydrogen-bond acceptors (Lipinski definition) is 3. The minimum absolute atomic E-state index is 0.0838. The van der Waals surface area contributed by atoms with Crippen molar-refractivity contribution in [2.45, 2.75) is 38.6 Å². The number of piperidine rings is 1. The fourth-order valence-corrected chi connectivity index (χ4v) is 4.74. The number of likely N-dealkylation sites (tertiary alicyclic amines) is 1. The molecule has 1 aliphatic heterocycles. The van der Waals surface area contributed by atoms with Gasteiger partial charge in [-0.15, -0.1) is 0 Å². The molecule has 0 aliphatic carbocycles. The van der Waals surface area contributed by atoms with Crippen molar-refractivity contribution in [3.05, 3.63) is 76.5 Å². The molecule has 1 fully saturated rings. The normalized spacial score (nSPS) is 15.1. The number of H-pyrrole nitrogens is 1. The Bertz CT molecular complexity index is 1310. The summed E-state index contributed by atoms with van der Waals surface area (Å²) in [5, 5.41) is 1.89. The van der Waals surface area contributed by atoms with Crippen LogP contribution in [0.25, 0.3) is 21.8 Å². The average Bonchev–Trinajstić information content (AvgIpc) is 3.23. The molecule has 2 aromatic heterocycles. The molecule has 6 heteroatoms. The van der Waals surface area contributed by atoms with E-state index in [4.69, 9.17) is 0 Å². The summed E-state index contributed by atoms with van der Waals surface area (Å²) >= 11 is 0. The average molecular weight is 415 g/mol. The van der Waals surface area contributed by atoms with Crippen LogP contribution in [0.4, 0.5) is 0 Å². The zero-order chi connectivity index (χ0) is 21.4. The molecular weight excluding hydrogens is 388 g/mol. The van der Waals surface area contributed by atoms with E-state index < -0.39 is 0 Å². The minimum Gasteiger partial charge on any atom is -0.361 e.